The van der Waals surface area contributed by atoms with Crippen LogP contribution in [0, 0.1) is 0 Å². The average Bonchev–Trinajstić information content (AvgIpc) is 2.71. The van der Waals surface area contributed by atoms with Gasteiger partial charge >= 0.3 is 0 Å². The molecule has 1 N–H and O–H groups in total. The monoisotopic (exact) mass is 429 g/mol. The summed E-state index contributed by atoms with van der Waals surface area (Å²) >= 11 is 12.4. The summed E-state index contributed by atoms with van der Waals surface area (Å²) in [7, 11) is 0. The fourth-order valence-electron chi connectivity index (χ4n) is 2.95. The lowest BCUT2D eigenvalue weighted by atomic mass is 10.1. The predicted octanol–water partition coefficient (Wildman–Crippen LogP) is 5.74. The molecule has 148 valence electrons. The van der Waals surface area contributed by atoms with Gasteiger partial charge in [0.1, 0.15) is 19.0 Å². The fourth-order valence-corrected chi connectivity index (χ4v) is 3.41. The van der Waals surface area contributed by atoms with Crippen molar-refractivity contribution in [1.82, 2.24) is 0 Å². The van der Waals surface area contributed by atoms with E-state index in [1.54, 1.807) is 36.4 Å². The molecule has 0 spiro atoms. The van der Waals surface area contributed by atoms with Crippen LogP contribution in [0.4, 0.5) is 5.69 Å². The molecule has 0 fully saturated rings. The Morgan fingerprint density at radius 3 is 2.48 bits per heavy atom. The quantitative estimate of drug-likeness (QED) is 0.561. The Morgan fingerprint density at radius 1 is 0.931 bits per heavy atom. The predicted molar refractivity (Wildman–Crippen MR) is 113 cm³/mol. The number of para-hydroxylation sites is 3. The van der Waals surface area contributed by atoms with Crippen molar-refractivity contribution < 1.29 is 19.0 Å². The molecule has 0 bridgehead atoms. The highest BCUT2D eigenvalue weighted by Crippen LogP contribution is 2.38. The minimum atomic E-state index is -0.215. The second-order valence-electron chi connectivity index (χ2n) is 6.36. The summed E-state index contributed by atoms with van der Waals surface area (Å²) in [5, 5.41) is 3.79. The van der Waals surface area contributed by atoms with Crippen molar-refractivity contribution in [3.63, 3.8) is 0 Å². The van der Waals surface area contributed by atoms with Gasteiger partial charge in [0.25, 0.3) is 0 Å². The molecule has 0 atom stereocenters. The van der Waals surface area contributed by atoms with Crippen LogP contribution in [-0.4, -0.2) is 19.1 Å². The number of ether oxygens (including phenoxy) is 3. The Hall–Kier alpha value is -2.89. The van der Waals surface area contributed by atoms with Gasteiger partial charge < -0.3 is 19.5 Å². The van der Waals surface area contributed by atoms with Crippen LogP contribution in [-0.2, 0) is 11.2 Å². The summed E-state index contributed by atoms with van der Waals surface area (Å²) in [6.07, 6.45) is 0.122. The van der Waals surface area contributed by atoms with Crippen LogP contribution in [0.1, 0.15) is 5.56 Å². The van der Waals surface area contributed by atoms with Gasteiger partial charge in [-0.25, -0.2) is 0 Å². The number of fused-ring (bicyclic) bond motifs is 1. The summed E-state index contributed by atoms with van der Waals surface area (Å²) < 4.78 is 17.0. The van der Waals surface area contributed by atoms with Crippen molar-refractivity contribution in [2.24, 2.45) is 0 Å². The minimum absolute atomic E-state index is 0.122. The largest absolute Gasteiger partial charge is 0.486 e. The normalized spacial score (nSPS) is 12.3. The van der Waals surface area contributed by atoms with Crippen LogP contribution in [0.3, 0.4) is 0 Å². The maximum Gasteiger partial charge on any atom is 0.228 e. The van der Waals surface area contributed by atoms with Crippen LogP contribution in [0.2, 0.25) is 10.0 Å². The number of hydrogen-bond donors (Lipinski definition) is 1. The molecule has 0 aromatic heterocycles. The van der Waals surface area contributed by atoms with Crippen LogP contribution < -0.4 is 19.5 Å². The lowest BCUT2D eigenvalue weighted by Crippen LogP contribution is -2.17. The summed E-state index contributed by atoms with van der Waals surface area (Å²) in [4.78, 5) is 12.6. The van der Waals surface area contributed by atoms with Crippen LogP contribution in [0.25, 0.3) is 0 Å². The van der Waals surface area contributed by atoms with Gasteiger partial charge in [0, 0.05) is 0 Å². The zero-order valence-electron chi connectivity index (χ0n) is 15.3. The van der Waals surface area contributed by atoms with Crippen molar-refractivity contribution in [1.29, 1.82) is 0 Å². The number of amides is 1. The van der Waals surface area contributed by atoms with E-state index in [0.717, 1.165) is 5.56 Å². The van der Waals surface area contributed by atoms with E-state index in [-0.39, 0.29) is 12.3 Å². The molecule has 0 saturated carbocycles. The molecule has 0 unspecified atom stereocenters. The van der Waals surface area contributed by atoms with Gasteiger partial charge in [-0.2, -0.15) is 0 Å². The molecule has 0 saturated heterocycles. The van der Waals surface area contributed by atoms with Crippen molar-refractivity contribution >= 4 is 34.8 Å². The molecule has 1 aliphatic heterocycles. The molecule has 1 amide bonds. The molecule has 7 heteroatoms. The lowest BCUT2D eigenvalue weighted by molar-refractivity contribution is -0.115. The Balaban J connectivity index is 1.49. The topological polar surface area (TPSA) is 56.8 Å². The number of carbonyl (C=O) groups is 1. The van der Waals surface area contributed by atoms with E-state index in [1.807, 2.05) is 24.3 Å². The number of nitrogens with one attached hydrogen (secondary N) is 1. The number of anilines is 1. The van der Waals surface area contributed by atoms with Gasteiger partial charge in [0.15, 0.2) is 17.2 Å². The third-order valence-corrected chi connectivity index (χ3v) is 4.83. The van der Waals surface area contributed by atoms with Gasteiger partial charge in [-0.1, -0.05) is 47.5 Å². The third kappa shape index (κ3) is 4.58. The van der Waals surface area contributed by atoms with Crippen molar-refractivity contribution in [3.8, 4) is 23.0 Å². The molecule has 1 aliphatic rings. The molecule has 0 aliphatic carbocycles. The van der Waals surface area contributed by atoms with Crippen molar-refractivity contribution in [3.05, 3.63) is 76.3 Å². The number of halogens is 2. The summed E-state index contributed by atoms with van der Waals surface area (Å²) in [5.74, 6) is 1.85. The molecule has 5 nitrogen and oxygen atoms in total. The molecular weight excluding hydrogens is 413 g/mol. The second kappa shape index (κ2) is 8.64. The number of hydrogen-bond acceptors (Lipinski definition) is 4. The average molecular weight is 430 g/mol. The first-order valence-electron chi connectivity index (χ1n) is 8.99. The van der Waals surface area contributed by atoms with E-state index in [9.17, 15) is 4.79 Å². The van der Waals surface area contributed by atoms with Gasteiger partial charge in [0.05, 0.1) is 22.2 Å². The van der Waals surface area contributed by atoms with Crippen molar-refractivity contribution in [2.45, 2.75) is 6.42 Å². The van der Waals surface area contributed by atoms with E-state index < -0.39 is 0 Å². The summed E-state index contributed by atoms with van der Waals surface area (Å²) in [6, 6.07) is 17.8. The number of carbonyl (C=O) groups excluding carboxylic acids is 1. The molecule has 3 aromatic rings. The van der Waals surface area contributed by atoms with Crippen LogP contribution in [0.15, 0.2) is 60.7 Å². The standard InChI is InChI=1S/C22H17Cl2NO4/c23-15-5-1-3-7-18(15)29-19-8-4-2-6-17(19)25-21(26)13-14-11-16(24)22-20(12-14)27-9-10-28-22/h1-8,11-12H,9-10,13H2,(H,25,26). The highest BCUT2D eigenvalue weighted by Gasteiger charge is 2.18. The molecule has 29 heavy (non-hydrogen) atoms. The van der Waals surface area contributed by atoms with Gasteiger partial charge in [0.2, 0.25) is 5.91 Å². The highest BCUT2D eigenvalue weighted by atomic mass is 35.5. The van der Waals surface area contributed by atoms with E-state index in [1.165, 1.54) is 0 Å². The zero-order chi connectivity index (χ0) is 20.2. The summed E-state index contributed by atoms with van der Waals surface area (Å²) in [6.45, 7) is 0.903. The summed E-state index contributed by atoms with van der Waals surface area (Å²) in [5.41, 5.74) is 1.27. The zero-order valence-corrected chi connectivity index (χ0v) is 16.8. The second-order valence-corrected chi connectivity index (χ2v) is 7.17. The fraction of sp³-hybridized carbons (Fsp3) is 0.136. The molecule has 3 aromatic carbocycles. The molecule has 1 heterocycles. The Labute approximate surface area is 178 Å². The third-order valence-electron chi connectivity index (χ3n) is 4.24. The van der Waals surface area contributed by atoms with Crippen LogP contribution >= 0.6 is 23.2 Å². The minimum Gasteiger partial charge on any atom is -0.486 e. The van der Waals surface area contributed by atoms with E-state index >= 15 is 0 Å². The first-order valence-corrected chi connectivity index (χ1v) is 9.75. The Bertz CT molecular complexity index is 1050. The van der Waals surface area contributed by atoms with Gasteiger partial charge in [-0.15, -0.1) is 0 Å². The first-order chi connectivity index (χ1) is 14.1. The SMILES string of the molecule is O=C(Cc1cc(Cl)c2c(c1)OCCO2)Nc1ccccc1Oc1ccccc1Cl. The van der Waals surface area contributed by atoms with Gasteiger partial charge in [-0.3, -0.25) is 4.79 Å². The highest BCUT2D eigenvalue weighted by molar-refractivity contribution is 6.32. The van der Waals surface area contributed by atoms with E-state index in [2.05, 4.69) is 5.32 Å². The molecular formula is C22H17Cl2NO4. The van der Waals surface area contributed by atoms with Gasteiger partial charge in [-0.05, 0) is 42.0 Å². The smallest absolute Gasteiger partial charge is 0.228 e. The first kappa shape index (κ1) is 19.4. The van der Waals surface area contributed by atoms with Crippen LogP contribution in [0.5, 0.6) is 23.0 Å². The maximum atomic E-state index is 12.6. The Morgan fingerprint density at radius 2 is 1.66 bits per heavy atom. The maximum absolute atomic E-state index is 12.6. The van der Waals surface area contributed by atoms with Crippen molar-refractivity contribution in [2.75, 3.05) is 18.5 Å². The lowest BCUT2D eigenvalue weighted by Gasteiger charge is -2.20. The van der Waals surface area contributed by atoms with E-state index in [4.69, 9.17) is 37.4 Å². The number of rotatable bonds is 5. The molecule has 0 radical (unpaired) electrons. The Kier molecular flexibility index (Phi) is 5.79. The molecule has 4 rings (SSSR count). The van der Waals surface area contributed by atoms with E-state index in [0.29, 0.717) is 51.9 Å². The number of benzene rings is 3.